The molecule has 0 amide bonds. The van der Waals surface area contributed by atoms with E-state index >= 15 is 0 Å². The van der Waals surface area contributed by atoms with Crippen LogP contribution in [0.5, 0.6) is 0 Å². The lowest BCUT2D eigenvalue weighted by Gasteiger charge is -2.23. The van der Waals surface area contributed by atoms with Crippen molar-refractivity contribution in [1.29, 1.82) is 0 Å². The summed E-state index contributed by atoms with van der Waals surface area (Å²) in [5.41, 5.74) is 0. The molecular formula is C9H14O3. The molecule has 0 aromatic heterocycles. The van der Waals surface area contributed by atoms with E-state index in [4.69, 9.17) is 14.2 Å². The van der Waals surface area contributed by atoms with Gasteiger partial charge < -0.3 is 14.2 Å². The predicted molar refractivity (Wildman–Crippen MR) is 41.7 cm³/mol. The standard InChI is InChI=1S/C9H14O3/c1-2-7-8(12-7)5-6(1)9-10-3-4-11-9/h6-9H,1-5H2/t6-,7-,8+/m1/s1. The lowest BCUT2D eigenvalue weighted by molar-refractivity contribution is -0.0904. The Balaban J connectivity index is 1.60. The third-order valence-corrected chi connectivity index (χ3v) is 3.08. The Kier molecular flexibility index (Phi) is 1.63. The second kappa shape index (κ2) is 2.69. The highest BCUT2D eigenvalue weighted by Crippen LogP contribution is 2.41. The molecule has 0 aromatic carbocycles. The molecule has 1 saturated carbocycles. The van der Waals surface area contributed by atoms with Crippen LogP contribution in [-0.4, -0.2) is 31.7 Å². The lowest BCUT2D eigenvalue weighted by Crippen LogP contribution is -2.26. The van der Waals surface area contributed by atoms with Gasteiger partial charge in [-0.2, -0.15) is 0 Å². The van der Waals surface area contributed by atoms with Gasteiger partial charge in [0.05, 0.1) is 25.4 Å². The molecule has 3 aliphatic rings. The second-order valence-electron chi connectivity index (χ2n) is 3.90. The first-order valence-electron chi connectivity index (χ1n) is 4.82. The van der Waals surface area contributed by atoms with Crippen LogP contribution < -0.4 is 0 Å². The summed E-state index contributed by atoms with van der Waals surface area (Å²) >= 11 is 0. The quantitative estimate of drug-likeness (QED) is 0.548. The molecule has 2 heterocycles. The van der Waals surface area contributed by atoms with Gasteiger partial charge in [0.2, 0.25) is 0 Å². The van der Waals surface area contributed by atoms with Gasteiger partial charge in [-0.15, -0.1) is 0 Å². The maximum absolute atomic E-state index is 5.48. The normalized spacial score (nSPS) is 47.5. The summed E-state index contributed by atoms with van der Waals surface area (Å²) in [5, 5.41) is 0. The van der Waals surface area contributed by atoms with Crippen molar-refractivity contribution in [2.45, 2.75) is 37.8 Å². The summed E-state index contributed by atoms with van der Waals surface area (Å²) in [5.74, 6) is 0.594. The van der Waals surface area contributed by atoms with Gasteiger partial charge in [-0.1, -0.05) is 0 Å². The van der Waals surface area contributed by atoms with Gasteiger partial charge in [-0.05, 0) is 19.3 Å². The van der Waals surface area contributed by atoms with Crippen LogP contribution in [0.15, 0.2) is 0 Å². The molecule has 3 nitrogen and oxygen atoms in total. The van der Waals surface area contributed by atoms with Crippen molar-refractivity contribution in [2.24, 2.45) is 5.92 Å². The van der Waals surface area contributed by atoms with Crippen LogP contribution >= 0.6 is 0 Å². The highest BCUT2D eigenvalue weighted by molar-refractivity contribution is 4.93. The molecule has 1 aliphatic carbocycles. The first-order valence-corrected chi connectivity index (χ1v) is 4.82. The minimum Gasteiger partial charge on any atom is -0.370 e. The average molecular weight is 170 g/mol. The Morgan fingerprint density at radius 3 is 2.50 bits per heavy atom. The van der Waals surface area contributed by atoms with Crippen LogP contribution in [-0.2, 0) is 14.2 Å². The fraction of sp³-hybridized carbons (Fsp3) is 1.00. The van der Waals surface area contributed by atoms with Crippen molar-refractivity contribution in [2.75, 3.05) is 13.2 Å². The number of fused-ring (bicyclic) bond motifs is 1. The minimum absolute atomic E-state index is 0.0788. The second-order valence-corrected chi connectivity index (χ2v) is 3.90. The molecule has 3 heteroatoms. The van der Waals surface area contributed by atoms with Gasteiger partial charge in [-0.25, -0.2) is 0 Å². The van der Waals surface area contributed by atoms with Crippen molar-refractivity contribution in [1.82, 2.24) is 0 Å². The van der Waals surface area contributed by atoms with E-state index in [-0.39, 0.29) is 6.29 Å². The molecule has 0 unspecified atom stereocenters. The van der Waals surface area contributed by atoms with Crippen LogP contribution in [0.4, 0.5) is 0 Å². The van der Waals surface area contributed by atoms with Crippen LogP contribution in [0.2, 0.25) is 0 Å². The van der Waals surface area contributed by atoms with Crippen molar-refractivity contribution >= 4 is 0 Å². The molecule has 2 saturated heterocycles. The highest BCUT2D eigenvalue weighted by Gasteiger charge is 2.46. The maximum Gasteiger partial charge on any atom is 0.160 e. The summed E-state index contributed by atoms with van der Waals surface area (Å²) in [7, 11) is 0. The maximum atomic E-state index is 5.48. The molecule has 0 bridgehead atoms. The van der Waals surface area contributed by atoms with E-state index in [9.17, 15) is 0 Å². The number of epoxide rings is 1. The molecule has 0 spiro atoms. The van der Waals surface area contributed by atoms with Gasteiger partial charge in [0, 0.05) is 5.92 Å². The average Bonchev–Trinajstić information content (AvgIpc) is 2.66. The molecule has 0 aromatic rings. The monoisotopic (exact) mass is 170 g/mol. The zero-order chi connectivity index (χ0) is 7.97. The Morgan fingerprint density at radius 1 is 0.917 bits per heavy atom. The molecule has 3 rings (SSSR count). The van der Waals surface area contributed by atoms with E-state index in [1.165, 1.54) is 12.8 Å². The van der Waals surface area contributed by atoms with E-state index in [1.54, 1.807) is 0 Å². The Morgan fingerprint density at radius 2 is 1.75 bits per heavy atom. The molecule has 3 fully saturated rings. The first-order chi connectivity index (χ1) is 5.93. The zero-order valence-electron chi connectivity index (χ0n) is 7.07. The predicted octanol–water partition coefficient (Wildman–Crippen LogP) is 0.927. The summed E-state index contributed by atoms with van der Waals surface area (Å²) in [6.07, 6.45) is 4.77. The summed E-state index contributed by atoms with van der Waals surface area (Å²) in [6, 6.07) is 0. The molecule has 68 valence electrons. The zero-order valence-corrected chi connectivity index (χ0v) is 7.07. The van der Waals surface area contributed by atoms with Gasteiger partial charge in [-0.3, -0.25) is 0 Å². The lowest BCUT2D eigenvalue weighted by atomic mass is 9.89. The number of hydrogen-bond donors (Lipinski definition) is 0. The summed E-state index contributed by atoms with van der Waals surface area (Å²) in [6.45, 7) is 1.55. The molecule has 0 radical (unpaired) electrons. The van der Waals surface area contributed by atoms with Crippen molar-refractivity contribution in [3.8, 4) is 0 Å². The van der Waals surface area contributed by atoms with Crippen LogP contribution in [0.3, 0.4) is 0 Å². The summed E-state index contributed by atoms with van der Waals surface area (Å²) in [4.78, 5) is 0. The van der Waals surface area contributed by atoms with E-state index in [1.807, 2.05) is 0 Å². The molecule has 0 N–H and O–H groups in total. The summed E-state index contributed by atoms with van der Waals surface area (Å²) < 4.78 is 16.4. The number of hydrogen-bond acceptors (Lipinski definition) is 3. The van der Waals surface area contributed by atoms with E-state index in [0.717, 1.165) is 19.6 Å². The highest BCUT2D eigenvalue weighted by atomic mass is 16.7. The van der Waals surface area contributed by atoms with E-state index < -0.39 is 0 Å². The van der Waals surface area contributed by atoms with Crippen LogP contribution in [0.25, 0.3) is 0 Å². The topological polar surface area (TPSA) is 31.0 Å². The minimum atomic E-state index is 0.0788. The van der Waals surface area contributed by atoms with E-state index in [2.05, 4.69) is 0 Å². The largest absolute Gasteiger partial charge is 0.370 e. The number of ether oxygens (including phenoxy) is 3. The van der Waals surface area contributed by atoms with Crippen molar-refractivity contribution in [3.63, 3.8) is 0 Å². The third-order valence-electron chi connectivity index (χ3n) is 3.08. The van der Waals surface area contributed by atoms with Gasteiger partial charge in [0.15, 0.2) is 6.29 Å². The van der Waals surface area contributed by atoms with Crippen LogP contribution in [0.1, 0.15) is 19.3 Å². The Bertz CT molecular complexity index is 177. The van der Waals surface area contributed by atoms with Gasteiger partial charge in [0.25, 0.3) is 0 Å². The molecule has 2 aliphatic heterocycles. The van der Waals surface area contributed by atoms with Gasteiger partial charge >= 0.3 is 0 Å². The van der Waals surface area contributed by atoms with Crippen molar-refractivity contribution < 1.29 is 14.2 Å². The molecular weight excluding hydrogens is 156 g/mol. The van der Waals surface area contributed by atoms with E-state index in [0.29, 0.717) is 18.1 Å². The fourth-order valence-electron chi connectivity index (χ4n) is 2.33. The first kappa shape index (κ1) is 7.30. The molecule has 3 atom stereocenters. The van der Waals surface area contributed by atoms with Gasteiger partial charge in [0.1, 0.15) is 0 Å². The number of rotatable bonds is 1. The Hall–Kier alpha value is -0.120. The molecule has 12 heavy (non-hydrogen) atoms. The smallest absolute Gasteiger partial charge is 0.160 e. The fourth-order valence-corrected chi connectivity index (χ4v) is 2.33. The Labute approximate surface area is 72.0 Å². The van der Waals surface area contributed by atoms with Crippen molar-refractivity contribution in [3.05, 3.63) is 0 Å². The van der Waals surface area contributed by atoms with Crippen LogP contribution in [0, 0.1) is 5.92 Å². The SMILES string of the molecule is C1COC([C@@H]2CC[C@H]3O[C@H]3C2)O1. The third kappa shape index (κ3) is 1.16.